The number of hydrogen-bond donors (Lipinski definition) is 5. The average Bonchev–Trinajstić information content (AvgIpc) is 2.80. The average molecular weight is 419 g/mol. The maximum Gasteiger partial charge on any atom is 0.111 e. The first-order valence-corrected chi connectivity index (χ1v) is 10.5. The molecule has 0 heterocycles. The lowest BCUT2D eigenvalue weighted by Gasteiger charge is -2.31. The molecule has 0 radical (unpaired) electrons. The van der Waals surface area contributed by atoms with Crippen LogP contribution in [0.15, 0.2) is 48.5 Å². The topological polar surface area (TPSA) is 110 Å². The molecule has 0 saturated carbocycles. The highest BCUT2D eigenvalue weighted by Gasteiger charge is 2.35. The fourth-order valence-electron chi connectivity index (χ4n) is 3.25. The molecule has 0 aromatic heterocycles. The van der Waals surface area contributed by atoms with Gasteiger partial charge in [0.25, 0.3) is 0 Å². The second-order valence-corrected chi connectivity index (χ2v) is 7.62. The van der Waals surface area contributed by atoms with E-state index in [0.29, 0.717) is 6.42 Å². The van der Waals surface area contributed by atoms with Crippen LogP contribution in [0.4, 0.5) is 0 Å². The summed E-state index contributed by atoms with van der Waals surface area (Å²) in [4.78, 5) is 0. The highest BCUT2D eigenvalue weighted by molar-refractivity contribution is 5.24. The summed E-state index contributed by atoms with van der Waals surface area (Å²) in [6.07, 6.45) is -5.02. The molecule has 0 aliphatic carbocycles. The maximum absolute atomic E-state index is 10.7. The Balaban J connectivity index is 2.14. The van der Waals surface area contributed by atoms with Gasteiger partial charge in [-0.2, -0.15) is 0 Å². The van der Waals surface area contributed by atoms with Gasteiger partial charge in [-0.25, -0.2) is 0 Å². The quantitative estimate of drug-likeness (QED) is 0.356. The molecule has 166 valence electrons. The van der Waals surface area contributed by atoms with E-state index in [1.54, 1.807) is 0 Å². The van der Waals surface area contributed by atoms with Gasteiger partial charge < -0.3 is 30.3 Å². The van der Waals surface area contributed by atoms with Crippen LogP contribution in [0.1, 0.15) is 36.1 Å². The molecule has 6 nitrogen and oxygen atoms in total. The first-order chi connectivity index (χ1) is 14.4. The van der Waals surface area contributed by atoms with Crippen LogP contribution in [0.5, 0.6) is 0 Å². The Bertz CT molecular complexity index is 730. The molecule has 2 aromatic carbocycles. The molecule has 2 rings (SSSR count). The molecule has 5 unspecified atom stereocenters. The van der Waals surface area contributed by atoms with Gasteiger partial charge in [0.15, 0.2) is 0 Å². The zero-order valence-corrected chi connectivity index (χ0v) is 17.7. The monoisotopic (exact) mass is 418 g/mol. The Hall–Kier alpha value is -1.80. The summed E-state index contributed by atoms with van der Waals surface area (Å²) in [5.41, 5.74) is 4.25. The molecule has 6 heteroatoms. The standard InChI is InChI=1S/C24H34O6/c1-3-16-5-9-18(10-6-16)13-21(23(28)24(29)22(27)20(26)14-25)30-15-19-11-7-17(4-2)8-12-19/h5-12,20-29H,3-4,13-15H2,1-2H3. The Morgan fingerprint density at radius 1 is 0.667 bits per heavy atom. The molecule has 0 amide bonds. The zero-order valence-electron chi connectivity index (χ0n) is 17.7. The van der Waals surface area contributed by atoms with Gasteiger partial charge in [0.05, 0.1) is 19.3 Å². The van der Waals surface area contributed by atoms with E-state index in [9.17, 15) is 20.4 Å². The number of ether oxygens (including phenoxy) is 1. The van der Waals surface area contributed by atoms with Crippen LogP contribution in [-0.4, -0.2) is 62.7 Å². The van der Waals surface area contributed by atoms with Crippen molar-refractivity contribution in [1.82, 2.24) is 0 Å². The van der Waals surface area contributed by atoms with Crippen LogP contribution in [0.3, 0.4) is 0 Å². The maximum atomic E-state index is 10.7. The van der Waals surface area contributed by atoms with Crippen molar-refractivity contribution in [2.45, 2.75) is 70.2 Å². The van der Waals surface area contributed by atoms with Gasteiger partial charge in [-0.3, -0.25) is 0 Å². The van der Waals surface area contributed by atoms with E-state index in [4.69, 9.17) is 9.84 Å². The molecule has 5 atom stereocenters. The molecule has 30 heavy (non-hydrogen) atoms. The molecule has 5 N–H and O–H groups in total. The van der Waals surface area contributed by atoms with Crippen LogP contribution in [-0.2, 0) is 30.6 Å². The summed E-state index contributed by atoms with van der Waals surface area (Å²) in [5.74, 6) is 0. The molecule has 0 fully saturated rings. The Morgan fingerprint density at radius 3 is 1.60 bits per heavy atom. The summed E-state index contributed by atoms with van der Waals surface area (Å²) in [6, 6.07) is 15.9. The smallest absolute Gasteiger partial charge is 0.111 e. The highest BCUT2D eigenvalue weighted by Crippen LogP contribution is 2.18. The lowest BCUT2D eigenvalue weighted by Crippen LogP contribution is -2.51. The molecule has 0 saturated heterocycles. The van der Waals surface area contributed by atoms with Crippen LogP contribution in [0, 0.1) is 0 Å². The Labute approximate surface area is 178 Å². The number of rotatable bonds is 12. The van der Waals surface area contributed by atoms with Crippen molar-refractivity contribution in [3.63, 3.8) is 0 Å². The third-order valence-electron chi connectivity index (χ3n) is 5.43. The number of benzene rings is 2. The minimum Gasteiger partial charge on any atom is -0.394 e. The van der Waals surface area contributed by atoms with Gasteiger partial charge in [-0.15, -0.1) is 0 Å². The van der Waals surface area contributed by atoms with E-state index in [1.165, 1.54) is 11.1 Å². The first-order valence-electron chi connectivity index (χ1n) is 10.5. The van der Waals surface area contributed by atoms with E-state index in [2.05, 4.69) is 13.8 Å². The van der Waals surface area contributed by atoms with E-state index >= 15 is 0 Å². The van der Waals surface area contributed by atoms with Gasteiger partial charge in [0.2, 0.25) is 0 Å². The summed E-state index contributed by atoms with van der Waals surface area (Å²) in [5, 5.41) is 49.7. The number of hydrogen-bond acceptors (Lipinski definition) is 6. The largest absolute Gasteiger partial charge is 0.394 e. The minimum absolute atomic E-state index is 0.226. The second kappa shape index (κ2) is 12.2. The zero-order chi connectivity index (χ0) is 22.1. The van der Waals surface area contributed by atoms with Crippen molar-refractivity contribution in [1.29, 1.82) is 0 Å². The van der Waals surface area contributed by atoms with Crippen LogP contribution >= 0.6 is 0 Å². The van der Waals surface area contributed by atoms with Gasteiger partial charge in [-0.1, -0.05) is 62.4 Å². The third kappa shape index (κ3) is 6.87. The number of aliphatic hydroxyl groups is 5. The lowest BCUT2D eigenvalue weighted by molar-refractivity contribution is -0.152. The summed E-state index contributed by atoms with van der Waals surface area (Å²) < 4.78 is 5.94. The Kier molecular flexibility index (Phi) is 9.91. The van der Waals surface area contributed by atoms with Crippen molar-refractivity contribution < 1.29 is 30.3 Å². The summed E-state index contributed by atoms with van der Waals surface area (Å²) in [6.45, 7) is 3.65. The second-order valence-electron chi connectivity index (χ2n) is 7.62. The van der Waals surface area contributed by atoms with Gasteiger partial charge >= 0.3 is 0 Å². The first kappa shape index (κ1) is 24.5. The van der Waals surface area contributed by atoms with E-state index in [-0.39, 0.29) is 6.61 Å². The highest BCUT2D eigenvalue weighted by atomic mass is 16.5. The van der Waals surface area contributed by atoms with E-state index < -0.39 is 37.1 Å². The van der Waals surface area contributed by atoms with Crippen LogP contribution in [0.2, 0.25) is 0 Å². The lowest BCUT2D eigenvalue weighted by atomic mass is 9.94. The molecular formula is C24H34O6. The van der Waals surface area contributed by atoms with Crippen molar-refractivity contribution in [2.75, 3.05) is 6.61 Å². The fourth-order valence-corrected chi connectivity index (χ4v) is 3.25. The van der Waals surface area contributed by atoms with Crippen molar-refractivity contribution in [3.8, 4) is 0 Å². The van der Waals surface area contributed by atoms with Crippen molar-refractivity contribution in [3.05, 3.63) is 70.8 Å². The predicted octanol–water partition coefficient (Wildman–Crippen LogP) is 1.38. The number of aryl methyl sites for hydroxylation is 2. The molecule has 2 aromatic rings. The van der Waals surface area contributed by atoms with E-state index in [1.807, 2.05) is 48.5 Å². The molecule has 0 aliphatic rings. The Morgan fingerprint density at radius 2 is 1.13 bits per heavy atom. The van der Waals surface area contributed by atoms with Gasteiger partial charge in [0.1, 0.15) is 24.4 Å². The van der Waals surface area contributed by atoms with Crippen LogP contribution in [0.25, 0.3) is 0 Å². The molecule has 0 bridgehead atoms. The number of aliphatic hydroxyl groups excluding tert-OH is 5. The SMILES string of the molecule is CCc1ccc(COC(Cc2ccc(CC)cc2)C(O)C(O)C(O)C(O)CO)cc1. The summed E-state index contributed by atoms with van der Waals surface area (Å²) in [7, 11) is 0. The minimum atomic E-state index is -1.69. The molecule has 0 aliphatic heterocycles. The normalized spacial score (nSPS) is 16.6. The third-order valence-corrected chi connectivity index (χ3v) is 5.43. The summed E-state index contributed by atoms with van der Waals surface area (Å²) >= 11 is 0. The molecule has 0 spiro atoms. The molecular weight excluding hydrogens is 384 g/mol. The van der Waals surface area contributed by atoms with Crippen LogP contribution < -0.4 is 0 Å². The van der Waals surface area contributed by atoms with Gasteiger partial charge in [0, 0.05) is 6.42 Å². The van der Waals surface area contributed by atoms with Crippen molar-refractivity contribution in [2.24, 2.45) is 0 Å². The van der Waals surface area contributed by atoms with E-state index in [0.717, 1.165) is 24.0 Å². The van der Waals surface area contributed by atoms with Crippen molar-refractivity contribution >= 4 is 0 Å². The fraction of sp³-hybridized carbons (Fsp3) is 0.500. The predicted molar refractivity (Wildman–Crippen MR) is 115 cm³/mol. The van der Waals surface area contributed by atoms with Gasteiger partial charge in [-0.05, 0) is 35.1 Å².